The maximum absolute atomic E-state index is 14.0. The molecule has 4 saturated carbocycles. The number of Topliss-reactive ketones (excluding diaryl/α,β-unsaturated/α-hetero) is 1. The molecule has 6 fully saturated rings. The van der Waals surface area contributed by atoms with Crippen molar-refractivity contribution in [2.45, 2.75) is 103 Å². The number of aliphatic hydroxyl groups is 1. The van der Waals surface area contributed by atoms with E-state index in [1.54, 1.807) is 0 Å². The summed E-state index contributed by atoms with van der Waals surface area (Å²) in [4.78, 5) is 14.0. The van der Waals surface area contributed by atoms with Gasteiger partial charge >= 0.3 is 0 Å². The molecule has 2 aliphatic heterocycles. The van der Waals surface area contributed by atoms with Crippen molar-refractivity contribution in [1.29, 1.82) is 0 Å². The van der Waals surface area contributed by atoms with Gasteiger partial charge in [0.2, 0.25) is 0 Å². The molecular weight excluding hydrogens is 388 g/mol. The number of hydrogen-bond acceptors (Lipinski definition) is 4. The molecular formula is C27H42O4. The summed E-state index contributed by atoms with van der Waals surface area (Å²) in [6.07, 6.45) is 9.39. The smallest absolute Gasteiger partial charge is 0.171 e. The van der Waals surface area contributed by atoms with Crippen molar-refractivity contribution in [2.75, 3.05) is 6.61 Å². The van der Waals surface area contributed by atoms with Gasteiger partial charge in [-0.3, -0.25) is 4.79 Å². The first-order valence-electron chi connectivity index (χ1n) is 13.2. The first-order chi connectivity index (χ1) is 14.7. The largest absolute Gasteiger partial charge is 0.393 e. The van der Waals surface area contributed by atoms with Crippen LogP contribution in [0.3, 0.4) is 0 Å². The van der Waals surface area contributed by atoms with E-state index in [1.165, 1.54) is 12.8 Å². The predicted octanol–water partition coefficient (Wildman–Crippen LogP) is 4.97. The summed E-state index contributed by atoms with van der Waals surface area (Å²) in [6, 6.07) is 0. The summed E-state index contributed by atoms with van der Waals surface area (Å²) in [7, 11) is 0. The summed E-state index contributed by atoms with van der Waals surface area (Å²) in [5.74, 6) is 3.45. The number of rotatable bonds is 0. The molecule has 12 atom stereocenters. The highest BCUT2D eigenvalue weighted by Crippen LogP contribution is 2.70. The van der Waals surface area contributed by atoms with Crippen molar-refractivity contribution in [1.82, 2.24) is 0 Å². The van der Waals surface area contributed by atoms with Crippen LogP contribution in [0.1, 0.15) is 85.5 Å². The Morgan fingerprint density at radius 2 is 1.81 bits per heavy atom. The summed E-state index contributed by atoms with van der Waals surface area (Å²) < 4.78 is 13.2. The average Bonchev–Trinajstić information content (AvgIpc) is 3.18. The Kier molecular flexibility index (Phi) is 4.62. The van der Waals surface area contributed by atoms with Crippen LogP contribution in [-0.2, 0) is 14.3 Å². The van der Waals surface area contributed by atoms with Crippen molar-refractivity contribution in [3.05, 3.63) is 0 Å². The molecule has 0 aromatic heterocycles. The van der Waals surface area contributed by atoms with Crippen LogP contribution in [0.2, 0.25) is 0 Å². The number of carbonyl (C=O) groups is 1. The lowest BCUT2D eigenvalue weighted by molar-refractivity contribution is -0.272. The molecule has 0 aromatic rings. The Morgan fingerprint density at radius 1 is 1.00 bits per heavy atom. The van der Waals surface area contributed by atoms with Crippen LogP contribution in [-0.4, -0.2) is 35.5 Å². The van der Waals surface area contributed by atoms with E-state index in [4.69, 9.17) is 9.47 Å². The molecule has 6 aliphatic rings. The highest BCUT2D eigenvalue weighted by Gasteiger charge is 2.71. The van der Waals surface area contributed by atoms with Crippen molar-refractivity contribution < 1.29 is 19.4 Å². The maximum Gasteiger partial charge on any atom is 0.171 e. The third-order valence-electron chi connectivity index (χ3n) is 11.8. The van der Waals surface area contributed by atoms with E-state index < -0.39 is 5.79 Å². The van der Waals surface area contributed by atoms with E-state index in [0.29, 0.717) is 41.3 Å². The van der Waals surface area contributed by atoms with Crippen LogP contribution < -0.4 is 0 Å². The molecule has 1 spiro atoms. The summed E-state index contributed by atoms with van der Waals surface area (Å²) in [5.41, 5.74) is -0.0221. The highest BCUT2D eigenvalue weighted by molar-refractivity contribution is 5.87. The van der Waals surface area contributed by atoms with Gasteiger partial charge < -0.3 is 14.6 Å². The minimum atomic E-state index is -0.448. The van der Waals surface area contributed by atoms with Gasteiger partial charge in [-0.15, -0.1) is 0 Å². The van der Waals surface area contributed by atoms with Gasteiger partial charge in [0.05, 0.1) is 18.8 Å². The van der Waals surface area contributed by atoms with Crippen LogP contribution in [0.15, 0.2) is 0 Å². The fourth-order valence-corrected chi connectivity index (χ4v) is 9.93. The molecule has 0 radical (unpaired) electrons. The lowest BCUT2D eigenvalue weighted by Crippen LogP contribution is -2.58. The number of ketones is 1. The molecule has 6 rings (SSSR count). The zero-order valence-electron chi connectivity index (χ0n) is 19.9. The van der Waals surface area contributed by atoms with E-state index in [-0.39, 0.29) is 29.0 Å². The highest BCUT2D eigenvalue weighted by atomic mass is 16.7. The third-order valence-corrected chi connectivity index (χ3v) is 11.8. The Balaban J connectivity index is 1.30. The Morgan fingerprint density at radius 3 is 2.55 bits per heavy atom. The zero-order valence-corrected chi connectivity index (χ0v) is 19.9. The summed E-state index contributed by atoms with van der Waals surface area (Å²) in [6.45, 7) is 10.1. The molecule has 0 aromatic carbocycles. The minimum Gasteiger partial charge on any atom is -0.393 e. The van der Waals surface area contributed by atoms with Crippen molar-refractivity contribution in [2.24, 2.45) is 52.3 Å². The third kappa shape index (κ3) is 2.68. The van der Waals surface area contributed by atoms with Crippen molar-refractivity contribution in [3.63, 3.8) is 0 Å². The SMILES string of the molecule is C[C@@H]1CC[C@@]2(OC1)O[C@@H]1C[C@@H]3[C@@H]4CC[C@H]5C[C@@H](O)CC[C@]5(C)[C@@H]4CC(=O)[C@]3(C)[C@H]1[C@@H]2C. The molecule has 4 nitrogen and oxygen atoms in total. The van der Waals surface area contributed by atoms with Crippen LogP contribution in [0.4, 0.5) is 0 Å². The molecule has 4 aliphatic carbocycles. The van der Waals surface area contributed by atoms with Gasteiger partial charge in [0, 0.05) is 30.1 Å². The van der Waals surface area contributed by atoms with Gasteiger partial charge in [-0.1, -0.05) is 27.7 Å². The van der Waals surface area contributed by atoms with E-state index in [2.05, 4.69) is 27.7 Å². The molecule has 0 bridgehead atoms. The van der Waals surface area contributed by atoms with Crippen molar-refractivity contribution in [3.8, 4) is 0 Å². The zero-order chi connectivity index (χ0) is 21.8. The normalized spacial score (nSPS) is 60.9. The van der Waals surface area contributed by atoms with Gasteiger partial charge in [-0.2, -0.15) is 0 Å². The fraction of sp³-hybridized carbons (Fsp3) is 0.963. The van der Waals surface area contributed by atoms with Gasteiger partial charge in [0.25, 0.3) is 0 Å². The van der Waals surface area contributed by atoms with E-state index in [9.17, 15) is 9.90 Å². The Labute approximate surface area is 187 Å². The molecule has 0 unspecified atom stereocenters. The average molecular weight is 431 g/mol. The predicted molar refractivity (Wildman–Crippen MR) is 118 cm³/mol. The topological polar surface area (TPSA) is 55.8 Å². The summed E-state index contributed by atoms with van der Waals surface area (Å²) in [5, 5.41) is 10.3. The number of hydrogen-bond donors (Lipinski definition) is 1. The van der Waals surface area contributed by atoms with Crippen molar-refractivity contribution >= 4 is 5.78 Å². The van der Waals surface area contributed by atoms with E-state index in [1.807, 2.05) is 0 Å². The Bertz CT molecular complexity index is 756. The van der Waals surface area contributed by atoms with E-state index in [0.717, 1.165) is 51.6 Å². The first-order valence-corrected chi connectivity index (χ1v) is 13.2. The lowest BCUT2D eigenvalue weighted by Gasteiger charge is -2.60. The second kappa shape index (κ2) is 6.79. The van der Waals surface area contributed by atoms with E-state index >= 15 is 0 Å². The van der Waals surface area contributed by atoms with Crippen LogP contribution in [0.25, 0.3) is 0 Å². The molecule has 0 amide bonds. The minimum absolute atomic E-state index is 0.131. The monoisotopic (exact) mass is 430 g/mol. The van der Waals surface area contributed by atoms with Gasteiger partial charge in [0.15, 0.2) is 5.79 Å². The second-order valence-corrected chi connectivity index (χ2v) is 13.0. The molecule has 4 heteroatoms. The van der Waals surface area contributed by atoms with Crippen LogP contribution in [0.5, 0.6) is 0 Å². The fourth-order valence-electron chi connectivity index (χ4n) is 9.93. The summed E-state index contributed by atoms with van der Waals surface area (Å²) >= 11 is 0. The van der Waals surface area contributed by atoms with Gasteiger partial charge in [-0.05, 0) is 80.0 Å². The molecule has 1 N–H and O–H groups in total. The molecule has 2 heterocycles. The van der Waals surface area contributed by atoms with Gasteiger partial charge in [-0.25, -0.2) is 0 Å². The lowest BCUT2D eigenvalue weighted by atomic mass is 9.44. The molecule has 174 valence electrons. The van der Waals surface area contributed by atoms with Gasteiger partial charge in [0.1, 0.15) is 5.78 Å². The Hall–Kier alpha value is -0.450. The molecule has 31 heavy (non-hydrogen) atoms. The second-order valence-electron chi connectivity index (χ2n) is 13.0. The van der Waals surface area contributed by atoms with Crippen LogP contribution in [0, 0.1) is 52.3 Å². The number of ether oxygens (including phenoxy) is 2. The number of aliphatic hydroxyl groups excluding tert-OH is 1. The maximum atomic E-state index is 14.0. The molecule has 2 saturated heterocycles. The quantitative estimate of drug-likeness (QED) is 0.589. The number of fused-ring (bicyclic) bond motifs is 7. The first kappa shape index (κ1) is 21.1. The number of carbonyl (C=O) groups excluding carboxylic acids is 1. The standard InChI is InChI=1S/C27H42O4/c1-15-7-10-27(30-14-15)16(2)24-22(31-27)12-21-19-6-5-17-11-18(28)8-9-25(17,3)20(19)13-23(29)26(21,24)4/h15-22,24,28H,5-14H2,1-4H3/t15-,16+,17+,18+,19-,20-,21-,22-,24+,25+,26-,27-/m1/s1. The van der Waals surface area contributed by atoms with Crippen LogP contribution >= 0.6 is 0 Å².